The molecule has 0 saturated heterocycles. The van der Waals surface area contributed by atoms with E-state index >= 15 is 0 Å². The first-order chi connectivity index (χ1) is 13.1. The highest BCUT2D eigenvalue weighted by Gasteiger charge is 2.26. The SMILES string of the molecule is O=C(C=Cc1ccc2c(c1)NC(=O)[C@@H](Cc1c[nH]c3ccccc13)N2)NO. The van der Waals surface area contributed by atoms with Gasteiger partial charge in [-0.2, -0.15) is 0 Å². The number of hydrogen-bond acceptors (Lipinski definition) is 4. The van der Waals surface area contributed by atoms with E-state index in [4.69, 9.17) is 5.21 Å². The van der Waals surface area contributed by atoms with Crippen molar-refractivity contribution < 1.29 is 14.8 Å². The van der Waals surface area contributed by atoms with Gasteiger partial charge < -0.3 is 15.6 Å². The molecule has 0 aliphatic carbocycles. The zero-order valence-electron chi connectivity index (χ0n) is 14.3. The van der Waals surface area contributed by atoms with Gasteiger partial charge in [-0.15, -0.1) is 0 Å². The second kappa shape index (κ2) is 6.97. The normalized spacial score (nSPS) is 16.0. The Kier molecular flexibility index (Phi) is 4.35. The Morgan fingerprint density at radius 1 is 1.19 bits per heavy atom. The van der Waals surface area contributed by atoms with Crippen molar-refractivity contribution in [3.63, 3.8) is 0 Å². The summed E-state index contributed by atoms with van der Waals surface area (Å²) >= 11 is 0. The van der Waals surface area contributed by atoms with Crippen LogP contribution >= 0.6 is 0 Å². The molecule has 136 valence electrons. The molecule has 0 fully saturated rings. The number of aromatic amines is 1. The molecule has 1 atom stereocenters. The molecule has 0 bridgehead atoms. The monoisotopic (exact) mass is 362 g/mol. The van der Waals surface area contributed by atoms with Crippen LogP contribution in [0.25, 0.3) is 17.0 Å². The summed E-state index contributed by atoms with van der Waals surface area (Å²) in [5.74, 6) is -0.726. The molecule has 1 aliphatic heterocycles. The summed E-state index contributed by atoms with van der Waals surface area (Å²) in [6, 6.07) is 13.1. The van der Waals surface area contributed by atoms with Crippen LogP contribution in [-0.2, 0) is 16.0 Å². The lowest BCUT2D eigenvalue weighted by atomic mass is 10.0. The van der Waals surface area contributed by atoms with Crippen molar-refractivity contribution >= 4 is 40.2 Å². The summed E-state index contributed by atoms with van der Waals surface area (Å²) in [5.41, 5.74) is 5.87. The average molecular weight is 362 g/mol. The van der Waals surface area contributed by atoms with Gasteiger partial charge in [-0.1, -0.05) is 24.3 Å². The molecule has 2 amide bonds. The predicted octanol–water partition coefficient (Wildman–Crippen LogP) is 2.66. The van der Waals surface area contributed by atoms with Crippen LogP contribution < -0.4 is 16.1 Å². The van der Waals surface area contributed by atoms with E-state index in [1.54, 1.807) is 12.1 Å². The molecule has 0 saturated carbocycles. The van der Waals surface area contributed by atoms with Crippen LogP contribution in [0.1, 0.15) is 11.1 Å². The Balaban J connectivity index is 1.54. The first kappa shape index (κ1) is 16.9. The quantitative estimate of drug-likeness (QED) is 0.279. The van der Waals surface area contributed by atoms with Gasteiger partial charge in [-0.3, -0.25) is 14.8 Å². The lowest BCUT2D eigenvalue weighted by Crippen LogP contribution is -2.40. The molecule has 0 spiro atoms. The Bertz CT molecular complexity index is 1050. The third-order valence-electron chi connectivity index (χ3n) is 4.58. The van der Waals surface area contributed by atoms with E-state index in [1.165, 1.54) is 11.6 Å². The van der Waals surface area contributed by atoms with Crippen molar-refractivity contribution in [3.8, 4) is 0 Å². The Labute approximate surface area is 155 Å². The van der Waals surface area contributed by atoms with Gasteiger partial charge in [0.25, 0.3) is 5.91 Å². The number of rotatable bonds is 4. The lowest BCUT2D eigenvalue weighted by Gasteiger charge is -2.27. The molecule has 2 aromatic carbocycles. The van der Waals surface area contributed by atoms with Crippen LogP contribution in [0.3, 0.4) is 0 Å². The number of H-pyrrole nitrogens is 1. The maximum atomic E-state index is 12.5. The number of carbonyl (C=O) groups excluding carboxylic acids is 2. The molecule has 7 nitrogen and oxygen atoms in total. The van der Waals surface area contributed by atoms with E-state index < -0.39 is 5.91 Å². The second-order valence-corrected chi connectivity index (χ2v) is 6.36. The molecule has 0 unspecified atom stereocenters. The number of nitrogens with one attached hydrogen (secondary N) is 4. The van der Waals surface area contributed by atoms with Crippen molar-refractivity contribution in [1.82, 2.24) is 10.5 Å². The highest BCUT2D eigenvalue weighted by Crippen LogP contribution is 2.30. The summed E-state index contributed by atoms with van der Waals surface area (Å²) < 4.78 is 0. The maximum Gasteiger partial charge on any atom is 0.267 e. The Morgan fingerprint density at radius 2 is 2.04 bits per heavy atom. The van der Waals surface area contributed by atoms with Crippen LogP contribution in [0.15, 0.2) is 54.7 Å². The largest absolute Gasteiger partial charge is 0.372 e. The third kappa shape index (κ3) is 3.40. The fourth-order valence-electron chi connectivity index (χ4n) is 3.24. The number of amides is 2. The van der Waals surface area contributed by atoms with Gasteiger partial charge in [0.2, 0.25) is 5.91 Å². The summed E-state index contributed by atoms with van der Waals surface area (Å²) in [4.78, 5) is 26.9. The Hall–Kier alpha value is -3.58. The average Bonchev–Trinajstić information content (AvgIpc) is 3.09. The number of benzene rings is 2. The fraction of sp³-hybridized carbons (Fsp3) is 0.100. The number of para-hydroxylation sites is 1. The molecular weight excluding hydrogens is 344 g/mol. The van der Waals surface area contributed by atoms with Gasteiger partial charge in [0.1, 0.15) is 6.04 Å². The molecule has 2 heterocycles. The zero-order chi connectivity index (χ0) is 18.8. The van der Waals surface area contributed by atoms with Gasteiger partial charge in [0.15, 0.2) is 0 Å². The molecule has 27 heavy (non-hydrogen) atoms. The van der Waals surface area contributed by atoms with Gasteiger partial charge >= 0.3 is 0 Å². The molecular formula is C20H18N4O3. The molecule has 1 aromatic heterocycles. The first-order valence-corrected chi connectivity index (χ1v) is 8.52. The zero-order valence-corrected chi connectivity index (χ0v) is 14.3. The summed E-state index contributed by atoms with van der Waals surface area (Å²) in [7, 11) is 0. The number of hydroxylamine groups is 1. The van der Waals surface area contributed by atoms with Crippen molar-refractivity contribution in [1.29, 1.82) is 0 Å². The molecule has 1 aliphatic rings. The van der Waals surface area contributed by atoms with E-state index in [2.05, 4.69) is 15.6 Å². The Morgan fingerprint density at radius 3 is 2.89 bits per heavy atom. The first-order valence-electron chi connectivity index (χ1n) is 8.52. The van der Waals surface area contributed by atoms with Crippen molar-refractivity contribution in [2.75, 3.05) is 10.6 Å². The molecule has 7 heteroatoms. The highest BCUT2D eigenvalue weighted by molar-refractivity contribution is 6.04. The predicted molar refractivity (Wildman–Crippen MR) is 103 cm³/mol. The minimum absolute atomic E-state index is 0.109. The number of hydrogen-bond donors (Lipinski definition) is 5. The smallest absolute Gasteiger partial charge is 0.267 e. The van der Waals surface area contributed by atoms with Gasteiger partial charge in [0, 0.05) is 29.6 Å². The minimum Gasteiger partial charge on any atom is -0.372 e. The van der Waals surface area contributed by atoms with E-state index in [9.17, 15) is 9.59 Å². The maximum absolute atomic E-state index is 12.5. The van der Waals surface area contributed by atoms with Crippen LogP contribution in [0.5, 0.6) is 0 Å². The van der Waals surface area contributed by atoms with Gasteiger partial charge in [-0.25, -0.2) is 5.48 Å². The molecule has 4 rings (SSSR count). The molecule has 0 radical (unpaired) electrons. The lowest BCUT2D eigenvalue weighted by molar-refractivity contribution is -0.124. The number of anilines is 2. The van der Waals surface area contributed by atoms with Crippen LogP contribution in [0.2, 0.25) is 0 Å². The minimum atomic E-state index is -0.617. The number of aromatic nitrogens is 1. The number of carbonyl (C=O) groups is 2. The van der Waals surface area contributed by atoms with Gasteiger partial charge in [-0.05, 0) is 35.4 Å². The third-order valence-corrected chi connectivity index (χ3v) is 4.58. The van der Waals surface area contributed by atoms with Crippen molar-refractivity contribution in [3.05, 3.63) is 65.9 Å². The molecule has 5 N–H and O–H groups in total. The van der Waals surface area contributed by atoms with E-state index in [0.717, 1.165) is 27.7 Å². The fourth-order valence-corrected chi connectivity index (χ4v) is 3.24. The summed E-state index contributed by atoms with van der Waals surface area (Å²) in [5, 5.41) is 15.8. The summed E-state index contributed by atoms with van der Waals surface area (Å²) in [6.07, 6.45) is 5.26. The van der Waals surface area contributed by atoms with Gasteiger partial charge in [0.05, 0.1) is 11.4 Å². The number of fused-ring (bicyclic) bond motifs is 2. The highest BCUT2D eigenvalue weighted by atomic mass is 16.5. The van der Waals surface area contributed by atoms with Crippen LogP contribution in [0.4, 0.5) is 11.4 Å². The second-order valence-electron chi connectivity index (χ2n) is 6.36. The van der Waals surface area contributed by atoms with Crippen molar-refractivity contribution in [2.24, 2.45) is 0 Å². The topological polar surface area (TPSA) is 106 Å². The van der Waals surface area contributed by atoms with Crippen molar-refractivity contribution in [2.45, 2.75) is 12.5 Å². The molecule has 3 aromatic rings. The standard InChI is InChI=1S/C20H18N4O3/c25-19(24-27)8-6-12-5-7-16-17(9-12)23-20(26)18(22-16)10-13-11-21-15-4-2-1-3-14(13)15/h1-9,11,18,21-22,27H,10H2,(H,23,26)(H,24,25)/t18-/m1/s1. The summed E-state index contributed by atoms with van der Waals surface area (Å²) in [6.45, 7) is 0. The van der Waals surface area contributed by atoms with Crippen LogP contribution in [-0.4, -0.2) is 28.0 Å². The van der Waals surface area contributed by atoms with Crippen LogP contribution in [0, 0.1) is 0 Å². The van der Waals surface area contributed by atoms with E-state index in [1.807, 2.05) is 42.6 Å². The van der Waals surface area contributed by atoms with E-state index in [-0.39, 0.29) is 11.9 Å². The van der Waals surface area contributed by atoms with E-state index in [0.29, 0.717) is 12.1 Å².